The van der Waals surface area contributed by atoms with E-state index in [-0.39, 0.29) is 34.2 Å². The second-order valence-corrected chi connectivity index (χ2v) is 10.4. The van der Waals surface area contributed by atoms with Gasteiger partial charge in [0.2, 0.25) is 0 Å². The van der Waals surface area contributed by atoms with Crippen LogP contribution in [0.3, 0.4) is 0 Å². The molecule has 5 nitrogen and oxygen atoms in total. The van der Waals surface area contributed by atoms with E-state index in [1.165, 1.54) is 6.07 Å². The third kappa shape index (κ3) is 4.71. The molecule has 2 aromatic carbocycles. The van der Waals surface area contributed by atoms with Gasteiger partial charge in [-0.15, -0.1) is 0 Å². The van der Waals surface area contributed by atoms with Crippen LogP contribution in [0.1, 0.15) is 61.8 Å². The fraction of sp³-hybridized carbons (Fsp3) is 0.346. The van der Waals surface area contributed by atoms with Gasteiger partial charge in [0.05, 0.1) is 4.90 Å². The zero-order valence-corrected chi connectivity index (χ0v) is 19.8. The number of allylic oxidation sites excluding steroid dienone is 4. The zero-order valence-electron chi connectivity index (χ0n) is 19.0. The van der Waals surface area contributed by atoms with Gasteiger partial charge in [-0.05, 0) is 64.8 Å². The molecule has 2 N–H and O–H groups in total. The molecule has 32 heavy (non-hydrogen) atoms. The highest BCUT2D eigenvalue weighted by Gasteiger charge is 2.32. The highest BCUT2D eigenvalue weighted by atomic mass is 32.2. The number of phenols is 1. The Bertz CT molecular complexity index is 1200. The quantitative estimate of drug-likeness (QED) is 0.559. The van der Waals surface area contributed by atoms with E-state index in [9.17, 15) is 22.9 Å². The van der Waals surface area contributed by atoms with E-state index in [1.807, 2.05) is 46.8 Å². The van der Waals surface area contributed by atoms with Crippen LogP contribution in [0, 0.1) is 18.8 Å². The van der Waals surface area contributed by atoms with Gasteiger partial charge in [-0.3, -0.25) is 9.35 Å². The van der Waals surface area contributed by atoms with Gasteiger partial charge >= 0.3 is 0 Å². The number of ketones is 1. The number of benzene rings is 2. The van der Waals surface area contributed by atoms with E-state index in [0.717, 1.165) is 16.7 Å². The first kappa shape index (κ1) is 24.0. The first-order valence-corrected chi connectivity index (χ1v) is 12.2. The maximum atomic E-state index is 12.4. The standard InChI is InChI=1S/C26H30O5S/c1-15(2)20-13-18(10-11-23(20)27)26(19-8-6-7-9-25(19)32(29,30)31)22-14-21(16(3)4)24(28)12-17(22)5/h6-16,18,26,28H,1-5H3,(H,29,30,31)/t18-,26+/m0/s1. The molecular formula is C26H30O5S. The molecule has 0 heterocycles. The van der Waals surface area contributed by atoms with Crippen molar-refractivity contribution in [2.45, 2.75) is 51.3 Å². The molecule has 0 saturated carbocycles. The van der Waals surface area contributed by atoms with Crippen molar-refractivity contribution in [2.24, 2.45) is 11.8 Å². The molecule has 0 bridgehead atoms. The van der Waals surface area contributed by atoms with Crippen LogP contribution in [0.25, 0.3) is 0 Å². The Hall–Kier alpha value is -2.70. The third-order valence-electron chi connectivity index (χ3n) is 6.04. The maximum Gasteiger partial charge on any atom is 0.294 e. The summed E-state index contributed by atoms with van der Waals surface area (Å²) in [4.78, 5) is 12.3. The molecule has 3 rings (SSSR count). The molecule has 1 aliphatic rings. The zero-order chi connectivity index (χ0) is 23.8. The molecular weight excluding hydrogens is 424 g/mol. The van der Waals surface area contributed by atoms with Crippen LogP contribution in [0.2, 0.25) is 0 Å². The fourth-order valence-electron chi connectivity index (χ4n) is 4.40. The molecule has 0 aliphatic heterocycles. The summed E-state index contributed by atoms with van der Waals surface area (Å²) in [5.41, 5.74) is 3.51. The highest BCUT2D eigenvalue weighted by Crippen LogP contribution is 2.43. The molecule has 2 aromatic rings. The van der Waals surface area contributed by atoms with Crippen molar-refractivity contribution in [3.05, 3.63) is 82.5 Å². The second-order valence-electron chi connectivity index (χ2n) is 8.99. The Labute approximate surface area is 190 Å². The SMILES string of the molecule is Cc1cc(O)c(C(C)C)cc1[C@@H](c1ccccc1S(=O)(=O)O)[C@H]1C=CC(=O)C(C(C)C)=C1. The van der Waals surface area contributed by atoms with Gasteiger partial charge in [-0.25, -0.2) is 0 Å². The number of rotatable bonds is 6. The average Bonchev–Trinajstić information content (AvgIpc) is 2.70. The molecule has 0 amide bonds. The largest absolute Gasteiger partial charge is 0.508 e. The fourth-order valence-corrected chi connectivity index (χ4v) is 5.15. The molecule has 0 unspecified atom stereocenters. The molecule has 0 spiro atoms. The van der Waals surface area contributed by atoms with E-state index in [1.54, 1.807) is 36.4 Å². The first-order valence-electron chi connectivity index (χ1n) is 10.8. The Kier molecular flexibility index (Phi) is 6.77. The van der Waals surface area contributed by atoms with Crippen LogP contribution in [-0.4, -0.2) is 23.9 Å². The number of hydrogen-bond acceptors (Lipinski definition) is 4. The Morgan fingerprint density at radius 1 is 0.938 bits per heavy atom. The van der Waals surface area contributed by atoms with Crippen LogP contribution in [0.4, 0.5) is 0 Å². The first-order chi connectivity index (χ1) is 14.9. The summed E-state index contributed by atoms with van der Waals surface area (Å²) < 4.78 is 34.4. The minimum absolute atomic E-state index is 0.0135. The van der Waals surface area contributed by atoms with Gasteiger partial charge in [0, 0.05) is 11.8 Å². The van der Waals surface area contributed by atoms with Gasteiger partial charge in [0.1, 0.15) is 5.75 Å². The van der Waals surface area contributed by atoms with Crippen LogP contribution in [-0.2, 0) is 14.9 Å². The van der Waals surface area contributed by atoms with E-state index in [2.05, 4.69) is 0 Å². The summed E-state index contributed by atoms with van der Waals surface area (Å²) in [6.07, 6.45) is 5.24. The van der Waals surface area contributed by atoms with Gasteiger partial charge < -0.3 is 5.11 Å². The normalized spacial score (nSPS) is 17.7. The molecule has 0 aromatic heterocycles. The molecule has 0 fully saturated rings. The van der Waals surface area contributed by atoms with Crippen molar-refractivity contribution in [3.8, 4) is 5.75 Å². The summed E-state index contributed by atoms with van der Waals surface area (Å²) in [5, 5.41) is 10.5. The Morgan fingerprint density at radius 2 is 1.59 bits per heavy atom. The molecule has 2 atom stereocenters. The Balaban J connectivity index is 2.35. The third-order valence-corrected chi connectivity index (χ3v) is 6.97. The number of aryl methyl sites for hydroxylation is 1. The topological polar surface area (TPSA) is 91.7 Å². The van der Waals surface area contributed by atoms with E-state index >= 15 is 0 Å². The highest BCUT2D eigenvalue weighted by molar-refractivity contribution is 7.85. The lowest BCUT2D eigenvalue weighted by molar-refractivity contribution is -0.111. The number of carbonyl (C=O) groups excluding carboxylic acids is 1. The number of carbonyl (C=O) groups is 1. The van der Waals surface area contributed by atoms with Crippen molar-refractivity contribution >= 4 is 15.9 Å². The van der Waals surface area contributed by atoms with E-state index < -0.39 is 16.0 Å². The molecule has 170 valence electrons. The summed E-state index contributed by atoms with van der Waals surface area (Å²) in [7, 11) is -4.47. The van der Waals surface area contributed by atoms with Crippen LogP contribution in [0.15, 0.2) is 65.1 Å². The van der Waals surface area contributed by atoms with E-state index in [0.29, 0.717) is 11.1 Å². The second kappa shape index (κ2) is 9.04. The van der Waals surface area contributed by atoms with Crippen molar-refractivity contribution < 1.29 is 22.9 Å². The monoisotopic (exact) mass is 454 g/mol. The molecule has 1 aliphatic carbocycles. The Morgan fingerprint density at radius 3 is 2.19 bits per heavy atom. The molecule has 6 heteroatoms. The smallest absolute Gasteiger partial charge is 0.294 e. The minimum Gasteiger partial charge on any atom is -0.508 e. The number of hydrogen-bond donors (Lipinski definition) is 2. The van der Waals surface area contributed by atoms with Gasteiger partial charge in [-0.1, -0.05) is 64.1 Å². The van der Waals surface area contributed by atoms with Gasteiger partial charge in [-0.2, -0.15) is 8.42 Å². The van der Waals surface area contributed by atoms with Crippen LogP contribution in [0.5, 0.6) is 5.75 Å². The van der Waals surface area contributed by atoms with Crippen molar-refractivity contribution in [1.29, 1.82) is 0 Å². The van der Waals surface area contributed by atoms with Crippen LogP contribution >= 0.6 is 0 Å². The number of aromatic hydroxyl groups is 1. The van der Waals surface area contributed by atoms with Gasteiger partial charge in [0.25, 0.3) is 10.1 Å². The van der Waals surface area contributed by atoms with Crippen molar-refractivity contribution in [1.82, 2.24) is 0 Å². The molecule has 0 saturated heterocycles. The molecule has 0 radical (unpaired) electrons. The summed E-state index contributed by atoms with van der Waals surface area (Å²) in [6, 6.07) is 10.00. The lowest BCUT2D eigenvalue weighted by Crippen LogP contribution is -2.21. The maximum absolute atomic E-state index is 12.4. The minimum atomic E-state index is -4.47. The summed E-state index contributed by atoms with van der Waals surface area (Å²) in [6.45, 7) is 9.72. The van der Waals surface area contributed by atoms with Crippen LogP contribution < -0.4 is 0 Å². The predicted octanol–water partition coefficient (Wildman–Crippen LogP) is 5.54. The summed E-state index contributed by atoms with van der Waals surface area (Å²) >= 11 is 0. The lowest BCUT2D eigenvalue weighted by Gasteiger charge is -2.30. The number of phenolic OH excluding ortho intramolecular Hbond substituents is 1. The van der Waals surface area contributed by atoms with Crippen molar-refractivity contribution in [3.63, 3.8) is 0 Å². The van der Waals surface area contributed by atoms with Gasteiger partial charge in [0.15, 0.2) is 5.78 Å². The predicted molar refractivity (Wildman–Crippen MR) is 126 cm³/mol. The summed E-state index contributed by atoms with van der Waals surface area (Å²) in [5.74, 6) is -0.587. The van der Waals surface area contributed by atoms with E-state index in [4.69, 9.17) is 0 Å². The van der Waals surface area contributed by atoms with Crippen molar-refractivity contribution in [2.75, 3.05) is 0 Å². The lowest BCUT2D eigenvalue weighted by atomic mass is 9.74. The average molecular weight is 455 g/mol.